The molecular weight excluding hydrogens is 250 g/mol. The first-order valence-corrected chi connectivity index (χ1v) is 5.72. The summed E-state index contributed by atoms with van der Waals surface area (Å²) < 4.78 is 51.7. The van der Waals surface area contributed by atoms with Crippen molar-refractivity contribution in [2.45, 2.75) is 37.7 Å². The Morgan fingerprint density at radius 2 is 2.28 bits per heavy atom. The van der Waals surface area contributed by atoms with Crippen molar-refractivity contribution in [1.29, 1.82) is 0 Å². The molecule has 0 amide bonds. The number of nitrogens with zero attached hydrogens (tertiary/aromatic N) is 2. The average Bonchev–Trinajstić information content (AvgIpc) is 2.87. The van der Waals surface area contributed by atoms with Gasteiger partial charge in [-0.15, -0.1) is 0 Å². The number of hydrogen-bond acceptors (Lipinski definition) is 2. The Labute approximate surface area is 102 Å². The molecule has 18 heavy (non-hydrogen) atoms. The molecule has 1 aliphatic heterocycles. The molecule has 1 aromatic rings. The van der Waals surface area contributed by atoms with Crippen LogP contribution in [0.4, 0.5) is 17.6 Å². The molecule has 0 bridgehead atoms. The molecule has 0 saturated carbocycles. The Hall–Kier alpha value is -1.11. The van der Waals surface area contributed by atoms with Gasteiger partial charge in [-0.3, -0.25) is 0 Å². The van der Waals surface area contributed by atoms with Crippen molar-refractivity contribution in [3.05, 3.63) is 18.2 Å². The van der Waals surface area contributed by atoms with Crippen LogP contribution >= 0.6 is 0 Å². The molecule has 2 rings (SSSR count). The zero-order chi connectivity index (χ0) is 13.4. The molecule has 1 saturated heterocycles. The zero-order valence-electron chi connectivity index (χ0n) is 9.97. The van der Waals surface area contributed by atoms with Gasteiger partial charge in [0.15, 0.2) is 0 Å². The summed E-state index contributed by atoms with van der Waals surface area (Å²) in [6, 6.07) is 0. The van der Waals surface area contributed by atoms with Crippen molar-refractivity contribution in [2.24, 2.45) is 0 Å². The maximum Gasteiger partial charge on any atom is 0.324 e. The van der Waals surface area contributed by atoms with Gasteiger partial charge in [-0.1, -0.05) is 6.92 Å². The Morgan fingerprint density at radius 1 is 1.56 bits per heavy atom. The highest BCUT2D eigenvalue weighted by atomic mass is 19.3. The van der Waals surface area contributed by atoms with E-state index in [0.717, 1.165) is 17.5 Å². The van der Waals surface area contributed by atoms with Crippen LogP contribution in [-0.4, -0.2) is 35.0 Å². The number of nitrogens with one attached hydrogen (secondary N) is 1. The molecule has 1 aliphatic rings. The van der Waals surface area contributed by atoms with Gasteiger partial charge in [0.2, 0.25) is 0 Å². The number of aromatic nitrogens is 2. The van der Waals surface area contributed by atoms with Gasteiger partial charge in [-0.25, -0.2) is 13.8 Å². The normalized spacial score (nSPS) is 25.0. The van der Waals surface area contributed by atoms with Crippen molar-refractivity contribution < 1.29 is 17.6 Å². The van der Waals surface area contributed by atoms with Crippen LogP contribution in [0.1, 0.15) is 19.0 Å². The summed E-state index contributed by atoms with van der Waals surface area (Å²) in [6.45, 7) is 2.31. The van der Waals surface area contributed by atoms with Crippen molar-refractivity contribution in [2.75, 3.05) is 13.1 Å². The molecule has 3 nitrogen and oxygen atoms in total. The molecule has 1 fully saturated rings. The minimum absolute atomic E-state index is 0.325. The number of alkyl halides is 4. The fourth-order valence-corrected chi connectivity index (χ4v) is 2.28. The molecule has 0 aliphatic carbocycles. The lowest BCUT2D eigenvalue weighted by Gasteiger charge is -2.26. The summed E-state index contributed by atoms with van der Waals surface area (Å²) in [5, 5.41) is 3.14. The third-order valence-electron chi connectivity index (χ3n) is 3.40. The highest BCUT2D eigenvalue weighted by Gasteiger charge is 2.43. The topological polar surface area (TPSA) is 29.9 Å². The van der Waals surface area contributed by atoms with E-state index in [9.17, 15) is 17.6 Å². The van der Waals surface area contributed by atoms with Crippen LogP contribution in [-0.2, 0) is 12.0 Å². The Balaban J connectivity index is 2.23. The number of hydrogen-bond donors (Lipinski definition) is 1. The van der Waals surface area contributed by atoms with E-state index in [-0.39, 0.29) is 5.41 Å². The highest BCUT2D eigenvalue weighted by molar-refractivity contribution is 5.17. The highest BCUT2D eigenvalue weighted by Crippen LogP contribution is 2.32. The fourth-order valence-electron chi connectivity index (χ4n) is 2.28. The van der Waals surface area contributed by atoms with Gasteiger partial charge in [0, 0.05) is 23.9 Å². The van der Waals surface area contributed by atoms with Crippen molar-refractivity contribution in [3.8, 4) is 0 Å². The average molecular weight is 265 g/mol. The fraction of sp³-hybridized carbons (Fsp3) is 0.727. The van der Waals surface area contributed by atoms with Gasteiger partial charge in [0.25, 0.3) is 0 Å². The van der Waals surface area contributed by atoms with Gasteiger partial charge in [-0.05, 0) is 13.0 Å². The minimum atomic E-state index is -4.03. The van der Waals surface area contributed by atoms with Gasteiger partial charge in [0.05, 0.1) is 12.9 Å². The molecule has 0 spiro atoms. The van der Waals surface area contributed by atoms with E-state index in [0.29, 0.717) is 12.2 Å². The Bertz CT molecular complexity index is 410. The van der Waals surface area contributed by atoms with Crippen LogP contribution in [0.5, 0.6) is 0 Å². The lowest BCUT2D eigenvalue weighted by molar-refractivity contribution is -0.138. The molecule has 1 atom stereocenters. The molecule has 2 heterocycles. The van der Waals surface area contributed by atoms with E-state index >= 15 is 0 Å². The van der Waals surface area contributed by atoms with Crippen LogP contribution in [0.15, 0.2) is 12.5 Å². The van der Waals surface area contributed by atoms with Crippen LogP contribution in [0, 0.1) is 0 Å². The van der Waals surface area contributed by atoms with Crippen LogP contribution in [0.25, 0.3) is 0 Å². The van der Waals surface area contributed by atoms with Crippen LogP contribution < -0.4 is 5.32 Å². The molecule has 102 valence electrons. The zero-order valence-corrected chi connectivity index (χ0v) is 9.97. The third-order valence-corrected chi connectivity index (χ3v) is 3.40. The van der Waals surface area contributed by atoms with Gasteiger partial charge in [-0.2, -0.15) is 8.78 Å². The summed E-state index contributed by atoms with van der Waals surface area (Å²) in [5.74, 6) is -4.03. The van der Waals surface area contributed by atoms with Crippen molar-refractivity contribution >= 4 is 0 Å². The first kappa shape index (κ1) is 13.3. The molecule has 1 aromatic heterocycles. The van der Waals surface area contributed by atoms with Gasteiger partial charge in [0.1, 0.15) is 0 Å². The molecular formula is C11H15F4N3. The van der Waals surface area contributed by atoms with E-state index in [1.807, 2.05) is 6.92 Å². The molecule has 1 N–H and O–H groups in total. The molecule has 1 unspecified atom stereocenters. The smallest absolute Gasteiger partial charge is 0.324 e. The van der Waals surface area contributed by atoms with E-state index in [4.69, 9.17) is 0 Å². The Morgan fingerprint density at radius 3 is 2.83 bits per heavy atom. The number of rotatable bonds is 4. The largest absolute Gasteiger partial charge is 0.328 e. The van der Waals surface area contributed by atoms with Crippen LogP contribution in [0.2, 0.25) is 0 Å². The first-order chi connectivity index (χ1) is 8.35. The minimum Gasteiger partial charge on any atom is -0.328 e. The molecule has 0 aromatic carbocycles. The second-order valence-electron chi connectivity index (χ2n) is 4.96. The summed E-state index contributed by atoms with van der Waals surface area (Å²) in [6.07, 6.45) is -0.217. The quantitative estimate of drug-likeness (QED) is 0.844. The first-order valence-electron chi connectivity index (χ1n) is 5.72. The predicted octanol–water partition coefficient (Wildman–Crippen LogP) is 2.03. The molecule has 0 radical (unpaired) electrons. The monoisotopic (exact) mass is 265 g/mol. The maximum absolute atomic E-state index is 13.1. The predicted molar refractivity (Wildman–Crippen MR) is 58.0 cm³/mol. The van der Waals surface area contributed by atoms with Crippen molar-refractivity contribution in [3.63, 3.8) is 0 Å². The summed E-state index contributed by atoms with van der Waals surface area (Å²) in [4.78, 5) is 3.81. The number of halogens is 4. The van der Waals surface area contributed by atoms with Gasteiger partial charge < -0.3 is 9.88 Å². The summed E-state index contributed by atoms with van der Waals surface area (Å²) in [5.41, 5.74) is 0.252. The second kappa shape index (κ2) is 4.53. The number of imidazole rings is 1. The van der Waals surface area contributed by atoms with Gasteiger partial charge >= 0.3 is 12.3 Å². The van der Waals surface area contributed by atoms with E-state index in [1.54, 1.807) is 0 Å². The van der Waals surface area contributed by atoms with E-state index in [1.165, 1.54) is 12.5 Å². The molecule has 7 heteroatoms. The summed E-state index contributed by atoms with van der Waals surface area (Å²) in [7, 11) is 0. The Kier molecular flexibility index (Phi) is 3.35. The second-order valence-corrected chi connectivity index (χ2v) is 4.96. The summed E-state index contributed by atoms with van der Waals surface area (Å²) >= 11 is 0. The lowest BCUT2D eigenvalue weighted by Crippen LogP contribution is -2.35. The maximum atomic E-state index is 13.1. The third kappa shape index (κ3) is 2.36. The van der Waals surface area contributed by atoms with E-state index in [2.05, 4.69) is 10.3 Å². The van der Waals surface area contributed by atoms with E-state index < -0.39 is 18.9 Å². The SMILES string of the molecule is CC1(c2cncn2CC(F)(F)C(F)F)CCNC1. The lowest BCUT2D eigenvalue weighted by atomic mass is 9.86. The standard InChI is InChI=1S/C11H15F4N3/c1-10(2-3-16-5-10)8-4-17-7-18(8)6-11(14,15)9(12)13/h4,7,9,16H,2-3,5-6H2,1H3. The van der Waals surface area contributed by atoms with Crippen molar-refractivity contribution in [1.82, 2.24) is 14.9 Å². The van der Waals surface area contributed by atoms with Crippen LogP contribution in [0.3, 0.4) is 0 Å².